The standard InChI is InChI=1S/C32H40BrN3O4S/c1-24-11-9-14-28(21-24)36(41(5,39)40)20-10-15-30(37)35(23-26-16-18-27(33)19-17-26)29(31(38)34-32(2,3)4)22-25-12-7-6-8-13-25/h6-9,11-14,16-19,21,29H,10,15,20,22-23H2,1-5H3,(H,34,38). The summed E-state index contributed by atoms with van der Waals surface area (Å²) in [7, 11) is -3.56. The Morgan fingerprint density at radius 3 is 2.17 bits per heavy atom. The van der Waals surface area contributed by atoms with E-state index >= 15 is 0 Å². The number of halogens is 1. The molecular weight excluding hydrogens is 602 g/mol. The molecule has 1 N–H and O–H groups in total. The van der Waals surface area contributed by atoms with Crippen LogP contribution in [0.5, 0.6) is 0 Å². The number of carbonyl (C=O) groups is 2. The first-order valence-electron chi connectivity index (χ1n) is 13.7. The van der Waals surface area contributed by atoms with Gasteiger partial charge in [0.2, 0.25) is 21.8 Å². The van der Waals surface area contributed by atoms with Crippen molar-refractivity contribution in [2.75, 3.05) is 17.1 Å². The maximum absolute atomic E-state index is 13.9. The lowest BCUT2D eigenvalue weighted by atomic mass is 10.00. The van der Waals surface area contributed by atoms with Crippen LogP contribution in [0, 0.1) is 6.92 Å². The average molecular weight is 643 g/mol. The van der Waals surface area contributed by atoms with Crippen LogP contribution in [-0.2, 0) is 32.6 Å². The third-order valence-electron chi connectivity index (χ3n) is 6.48. The number of aryl methyl sites for hydroxylation is 1. The minimum absolute atomic E-state index is 0.0858. The number of hydrogen-bond acceptors (Lipinski definition) is 4. The zero-order valence-electron chi connectivity index (χ0n) is 24.4. The summed E-state index contributed by atoms with van der Waals surface area (Å²) >= 11 is 3.46. The highest BCUT2D eigenvalue weighted by atomic mass is 79.9. The molecule has 3 aromatic carbocycles. The SMILES string of the molecule is Cc1cccc(N(CCCC(=O)N(Cc2ccc(Br)cc2)C(Cc2ccccc2)C(=O)NC(C)(C)C)S(C)(=O)=O)c1. The number of anilines is 1. The van der Waals surface area contributed by atoms with E-state index in [0.717, 1.165) is 21.2 Å². The van der Waals surface area contributed by atoms with Gasteiger partial charge in [-0.2, -0.15) is 0 Å². The van der Waals surface area contributed by atoms with Gasteiger partial charge in [-0.05, 0) is 75.1 Å². The molecule has 1 unspecified atom stereocenters. The summed E-state index contributed by atoms with van der Waals surface area (Å²) < 4.78 is 27.5. The zero-order chi connectivity index (χ0) is 30.2. The van der Waals surface area contributed by atoms with Crippen molar-refractivity contribution in [3.8, 4) is 0 Å². The van der Waals surface area contributed by atoms with E-state index in [0.29, 0.717) is 18.5 Å². The molecule has 0 saturated carbocycles. The Hall–Kier alpha value is -3.17. The van der Waals surface area contributed by atoms with Crippen molar-refractivity contribution in [1.82, 2.24) is 10.2 Å². The van der Waals surface area contributed by atoms with Gasteiger partial charge in [-0.1, -0.05) is 70.5 Å². The third kappa shape index (κ3) is 10.3. The number of nitrogens with zero attached hydrogens (tertiary/aromatic N) is 2. The Kier molecular flexibility index (Phi) is 11.2. The fourth-order valence-corrected chi connectivity index (χ4v) is 5.80. The predicted octanol–water partition coefficient (Wildman–Crippen LogP) is 5.86. The third-order valence-corrected chi connectivity index (χ3v) is 8.20. The molecule has 0 saturated heterocycles. The molecular formula is C32H40BrN3O4S. The highest BCUT2D eigenvalue weighted by Gasteiger charge is 2.32. The molecule has 220 valence electrons. The van der Waals surface area contributed by atoms with E-state index in [1.165, 1.54) is 10.6 Å². The van der Waals surface area contributed by atoms with E-state index in [1.807, 2.05) is 100 Å². The predicted molar refractivity (Wildman–Crippen MR) is 169 cm³/mol. The lowest BCUT2D eigenvalue weighted by molar-refractivity contribution is -0.142. The first kappa shape index (κ1) is 32.3. The van der Waals surface area contributed by atoms with Crippen LogP contribution in [0.25, 0.3) is 0 Å². The maximum atomic E-state index is 13.9. The number of nitrogens with one attached hydrogen (secondary N) is 1. The molecule has 3 rings (SSSR count). The number of carbonyl (C=O) groups excluding carboxylic acids is 2. The smallest absolute Gasteiger partial charge is 0.243 e. The van der Waals surface area contributed by atoms with Gasteiger partial charge in [0.15, 0.2) is 0 Å². The largest absolute Gasteiger partial charge is 0.350 e. The summed E-state index contributed by atoms with van der Waals surface area (Å²) in [6.45, 7) is 8.04. The van der Waals surface area contributed by atoms with Crippen LogP contribution in [0.1, 0.15) is 50.3 Å². The van der Waals surface area contributed by atoms with Gasteiger partial charge < -0.3 is 10.2 Å². The van der Waals surface area contributed by atoms with Crippen LogP contribution in [-0.4, -0.2) is 49.5 Å². The molecule has 3 aromatic rings. The highest BCUT2D eigenvalue weighted by molar-refractivity contribution is 9.10. The second kappa shape index (κ2) is 14.1. The van der Waals surface area contributed by atoms with Crippen molar-refractivity contribution in [3.63, 3.8) is 0 Å². The van der Waals surface area contributed by atoms with E-state index in [-0.39, 0.29) is 31.3 Å². The van der Waals surface area contributed by atoms with Gasteiger partial charge >= 0.3 is 0 Å². The summed E-state index contributed by atoms with van der Waals surface area (Å²) in [6, 6.07) is 23.9. The van der Waals surface area contributed by atoms with Crippen molar-refractivity contribution in [3.05, 3.63) is 100 Å². The van der Waals surface area contributed by atoms with E-state index in [4.69, 9.17) is 0 Å². The summed E-state index contributed by atoms with van der Waals surface area (Å²) in [6.07, 6.45) is 1.91. The lowest BCUT2D eigenvalue weighted by Gasteiger charge is -2.34. The number of amides is 2. The molecule has 0 aromatic heterocycles. The molecule has 0 aliphatic heterocycles. The summed E-state index contributed by atoms with van der Waals surface area (Å²) in [5.41, 5.74) is 2.86. The highest BCUT2D eigenvalue weighted by Crippen LogP contribution is 2.22. The Bertz CT molecular complexity index is 1420. The molecule has 2 amide bonds. The molecule has 0 aliphatic rings. The van der Waals surface area contributed by atoms with Gasteiger partial charge in [0.1, 0.15) is 6.04 Å². The van der Waals surface area contributed by atoms with E-state index < -0.39 is 21.6 Å². The number of rotatable bonds is 12. The molecule has 41 heavy (non-hydrogen) atoms. The van der Waals surface area contributed by atoms with Gasteiger partial charge in [0, 0.05) is 35.9 Å². The van der Waals surface area contributed by atoms with Crippen molar-refractivity contribution < 1.29 is 18.0 Å². The molecule has 0 spiro atoms. The maximum Gasteiger partial charge on any atom is 0.243 e. The van der Waals surface area contributed by atoms with Crippen LogP contribution in [0.2, 0.25) is 0 Å². The van der Waals surface area contributed by atoms with E-state index in [2.05, 4.69) is 21.2 Å². The number of benzene rings is 3. The Balaban J connectivity index is 1.90. The molecule has 0 heterocycles. The topological polar surface area (TPSA) is 86.8 Å². The molecule has 0 radical (unpaired) electrons. The summed E-state index contributed by atoms with van der Waals surface area (Å²) in [4.78, 5) is 29.2. The second-order valence-corrected chi connectivity index (χ2v) is 14.2. The molecule has 0 bridgehead atoms. The van der Waals surface area contributed by atoms with Gasteiger partial charge in [0.25, 0.3) is 0 Å². The zero-order valence-corrected chi connectivity index (χ0v) is 26.8. The molecule has 0 fully saturated rings. The second-order valence-electron chi connectivity index (χ2n) is 11.4. The van der Waals surface area contributed by atoms with Crippen molar-refractivity contribution in [2.45, 2.75) is 65.1 Å². The Labute approximate surface area is 253 Å². The normalized spacial score (nSPS) is 12.4. The summed E-state index contributed by atoms with van der Waals surface area (Å²) in [5, 5.41) is 3.06. The van der Waals surface area contributed by atoms with Gasteiger partial charge in [-0.3, -0.25) is 13.9 Å². The van der Waals surface area contributed by atoms with Gasteiger partial charge in [-0.15, -0.1) is 0 Å². The Morgan fingerprint density at radius 1 is 0.927 bits per heavy atom. The summed E-state index contributed by atoms with van der Waals surface area (Å²) in [5.74, 6) is -0.444. The van der Waals surface area contributed by atoms with Gasteiger partial charge in [0.05, 0.1) is 11.9 Å². The Morgan fingerprint density at radius 2 is 1.59 bits per heavy atom. The monoisotopic (exact) mass is 641 g/mol. The fourth-order valence-electron chi connectivity index (χ4n) is 4.58. The molecule has 7 nitrogen and oxygen atoms in total. The number of hydrogen-bond donors (Lipinski definition) is 1. The lowest BCUT2D eigenvalue weighted by Crippen LogP contribution is -2.54. The van der Waals surface area contributed by atoms with E-state index in [1.54, 1.807) is 11.0 Å². The van der Waals surface area contributed by atoms with Crippen molar-refractivity contribution in [1.29, 1.82) is 0 Å². The van der Waals surface area contributed by atoms with Crippen LogP contribution >= 0.6 is 15.9 Å². The van der Waals surface area contributed by atoms with Gasteiger partial charge in [-0.25, -0.2) is 8.42 Å². The minimum atomic E-state index is -3.56. The minimum Gasteiger partial charge on any atom is -0.350 e. The fraction of sp³-hybridized carbons (Fsp3) is 0.375. The van der Waals surface area contributed by atoms with Crippen LogP contribution in [0.4, 0.5) is 5.69 Å². The van der Waals surface area contributed by atoms with Crippen molar-refractivity contribution >= 4 is 43.5 Å². The molecule has 0 aliphatic carbocycles. The van der Waals surface area contributed by atoms with Crippen LogP contribution < -0.4 is 9.62 Å². The van der Waals surface area contributed by atoms with Crippen LogP contribution in [0.3, 0.4) is 0 Å². The molecule has 1 atom stereocenters. The number of sulfonamides is 1. The first-order chi connectivity index (χ1) is 19.2. The quantitative estimate of drug-likeness (QED) is 0.268. The van der Waals surface area contributed by atoms with Crippen molar-refractivity contribution in [2.24, 2.45) is 0 Å². The van der Waals surface area contributed by atoms with Crippen LogP contribution in [0.15, 0.2) is 83.3 Å². The molecule has 9 heteroatoms. The first-order valence-corrected chi connectivity index (χ1v) is 16.3. The van der Waals surface area contributed by atoms with E-state index in [9.17, 15) is 18.0 Å². The average Bonchev–Trinajstić information content (AvgIpc) is 2.88.